The van der Waals surface area contributed by atoms with Crippen LogP contribution in [0.15, 0.2) is 28.5 Å². The van der Waals surface area contributed by atoms with Crippen LogP contribution in [0.5, 0.6) is 0 Å². The maximum atomic E-state index is 12.7. The zero-order chi connectivity index (χ0) is 18.3. The number of piperidine rings is 1. The first-order valence-corrected chi connectivity index (χ1v) is 9.94. The normalized spacial score (nSPS) is 21.3. The smallest absolute Gasteiger partial charge is 0.254 e. The number of hydrogen-bond donors (Lipinski definition) is 1. The number of aryl methyl sites for hydroxylation is 1. The molecule has 2 fully saturated rings. The third-order valence-corrected chi connectivity index (χ3v) is 6.58. The van der Waals surface area contributed by atoms with Crippen molar-refractivity contribution in [3.05, 3.63) is 50.3 Å². The molecule has 2 aliphatic rings. The molecule has 0 radical (unpaired) electrons. The Kier molecular flexibility index (Phi) is 4.44. The van der Waals surface area contributed by atoms with Gasteiger partial charge in [0.1, 0.15) is 5.01 Å². The van der Waals surface area contributed by atoms with Crippen molar-refractivity contribution in [3.63, 3.8) is 0 Å². The number of pyridine rings is 1. The van der Waals surface area contributed by atoms with Crippen molar-refractivity contribution in [2.45, 2.75) is 38.8 Å². The van der Waals surface area contributed by atoms with Crippen molar-refractivity contribution >= 4 is 17.2 Å². The molecule has 1 aliphatic carbocycles. The fourth-order valence-corrected chi connectivity index (χ4v) is 4.96. The van der Waals surface area contributed by atoms with Crippen molar-refractivity contribution in [1.82, 2.24) is 19.8 Å². The van der Waals surface area contributed by atoms with Crippen LogP contribution >= 0.6 is 11.3 Å². The number of nitrogens with one attached hydrogen (secondary N) is 1. The standard InChI is InChI=1S/C19H24N4O2S/c1-13-9-14(10-16(24)21-13)18(25)23-6-3-19(4-7-23)11-15(19)22(2)12-17-20-5-8-26-17/h5,8-10,15H,3-4,6-7,11-12H2,1-2H3,(H,21,24)/t15-/m0/s1. The highest BCUT2D eigenvalue weighted by Gasteiger charge is 2.56. The molecule has 0 unspecified atom stereocenters. The van der Waals surface area contributed by atoms with Crippen LogP contribution in [-0.2, 0) is 6.54 Å². The zero-order valence-corrected chi connectivity index (χ0v) is 16.0. The first kappa shape index (κ1) is 17.4. The van der Waals surface area contributed by atoms with Crippen LogP contribution in [0.4, 0.5) is 0 Å². The quantitative estimate of drug-likeness (QED) is 0.894. The van der Waals surface area contributed by atoms with E-state index in [1.54, 1.807) is 24.3 Å². The Morgan fingerprint density at radius 1 is 1.42 bits per heavy atom. The monoisotopic (exact) mass is 372 g/mol. The molecule has 2 aromatic heterocycles. The molecule has 1 N–H and O–H groups in total. The minimum atomic E-state index is -0.215. The number of nitrogens with zero attached hydrogens (tertiary/aromatic N) is 3. The van der Waals surface area contributed by atoms with Gasteiger partial charge >= 0.3 is 0 Å². The van der Waals surface area contributed by atoms with Gasteiger partial charge in [-0.3, -0.25) is 14.5 Å². The second-order valence-corrected chi connectivity index (χ2v) is 8.61. The molecule has 1 atom stereocenters. The number of hydrogen-bond acceptors (Lipinski definition) is 5. The Morgan fingerprint density at radius 3 is 2.85 bits per heavy atom. The predicted octanol–water partition coefficient (Wildman–Crippen LogP) is 2.27. The average molecular weight is 372 g/mol. The summed E-state index contributed by atoms with van der Waals surface area (Å²) in [5.74, 6) is -0.0256. The average Bonchev–Trinajstić information content (AvgIpc) is 3.05. The highest BCUT2D eigenvalue weighted by Crippen LogP contribution is 2.56. The predicted molar refractivity (Wildman–Crippen MR) is 101 cm³/mol. The van der Waals surface area contributed by atoms with Gasteiger partial charge in [-0.1, -0.05) is 0 Å². The van der Waals surface area contributed by atoms with Crippen LogP contribution in [0.3, 0.4) is 0 Å². The summed E-state index contributed by atoms with van der Waals surface area (Å²) in [7, 11) is 2.18. The molecule has 7 heteroatoms. The lowest BCUT2D eigenvalue weighted by molar-refractivity contribution is 0.0657. The number of H-pyrrole nitrogens is 1. The largest absolute Gasteiger partial charge is 0.339 e. The van der Waals surface area contributed by atoms with Gasteiger partial charge in [0, 0.05) is 48.0 Å². The Morgan fingerprint density at radius 2 is 2.19 bits per heavy atom. The fraction of sp³-hybridized carbons (Fsp3) is 0.526. The van der Waals surface area contributed by atoms with E-state index in [2.05, 4.69) is 21.9 Å². The number of amides is 1. The zero-order valence-electron chi connectivity index (χ0n) is 15.2. The molecule has 1 spiro atoms. The van der Waals surface area contributed by atoms with Crippen LogP contribution in [0.25, 0.3) is 0 Å². The molecule has 0 bridgehead atoms. The second-order valence-electron chi connectivity index (χ2n) is 7.63. The summed E-state index contributed by atoms with van der Waals surface area (Å²) in [6, 6.07) is 3.75. The van der Waals surface area contributed by atoms with Crippen molar-refractivity contribution in [3.8, 4) is 0 Å². The summed E-state index contributed by atoms with van der Waals surface area (Å²) in [4.78, 5) is 35.7. The second kappa shape index (κ2) is 6.63. The van der Waals surface area contributed by atoms with E-state index in [1.165, 1.54) is 12.5 Å². The van der Waals surface area contributed by atoms with Gasteiger partial charge in [-0.25, -0.2) is 4.98 Å². The molecule has 26 heavy (non-hydrogen) atoms. The van der Waals surface area contributed by atoms with Crippen molar-refractivity contribution in [1.29, 1.82) is 0 Å². The number of thiazole rings is 1. The van der Waals surface area contributed by atoms with E-state index in [4.69, 9.17) is 0 Å². The molecule has 3 heterocycles. The third-order valence-electron chi connectivity index (χ3n) is 5.82. The van der Waals surface area contributed by atoms with Gasteiger partial charge in [-0.05, 0) is 44.7 Å². The SMILES string of the molecule is Cc1cc(C(=O)N2CCC3(CC2)C[C@@H]3N(C)Cc2nccs2)cc(=O)[nH]1. The Labute approximate surface area is 156 Å². The first-order chi connectivity index (χ1) is 12.5. The highest BCUT2D eigenvalue weighted by molar-refractivity contribution is 7.09. The van der Waals surface area contributed by atoms with E-state index in [-0.39, 0.29) is 11.5 Å². The van der Waals surface area contributed by atoms with Crippen molar-refractivity contribution in [2.75, 3.05) is 20.1 Å². The number of rotatable bonds is 4. The highest BCUT2D eigenvalue weighted by atomic mass is 32.1. The third kappa shape index (κ3) is 3.33. The lowest BCUT2D eigenvalue weighted by atomic mass is 9.92. The summed E-state index contributed by atoms with van der Waals surface area (Å²) < 4.78 is 0. The van der Waals surface area contributed by atoms with Gasteiger partial charge in [0.25, 0.3) is 5.91 Å². The number of carbonyl (C=O) groups excluding carboxylic acids is 1. The van der Waals surface area contributed by atoms with Crippen LogP contribution in [0.1, 0.15) is 40.3 Å². The number of aromatic amines is 1. The van der Waals surface area contributed by atoms with Gasteiger partial charge in [-0.15, -0.1) is 11.3 Å². The van der Waals surface area contributed by atoms with Crippen LogP contribution in [0.2, 0.25) is 0 Å². The van der Waals surface area contributed by atoms with E-state index < -0.39 is 0 Å². The number of carbonyl (C=O) groups is 1. The van der Waals surface area contributed by atoms with E-state index in [0.29, 0.717) is 17.0 Å². The topological polar surface area (TPSA) is 69.3 Å². The van der Waals surface area contributed by atoms with E-state index in [9.17, 15) is 9.59 Å². The molecule has 6 nitrogen and oxygen atoms in total. The molecule has 2 aromatic rings. The molecule has 1 saturated heterocycles. The molecular formula is C19H24N4O2S. The first-order valence-electron chi connectivity index (χ1n) is 9.06. The van der Waals surface area contributed by atoms with Crippen LogP contribution in [-0.4, -0.2) is 51.9 Å². The number of aromatic nitrogens is 2. The summed E-state index contributed by atoms with van der Waals surface area (Å²) in [6.45, 7) is 4.24. The molecular weight excluding hydrogens is 348 g/mol. The molecule has 1 saturated carbocycles. The maximum absolute atomic E-state index is 12.7. The van der Waals surface area contributed by atoms with Gasteiger partial charge in [0.15, 0.2) is 0 Å². The van der Waals surface area contributed by atoms with Crippen LogP contribution < -0.4 is 5.56 Å². The fourth-order valence-electron chi connectivity index (χ4n) is 4.29. The Bertz CT molecular complexity index is 853. The molecule has 138 valence electrons. The van der Waals surface area contributed by atoms with Gasteiger partial charge < -0.3 is 9.88 Å². The van der Waals surface area contributed by atoms with Gasteiger partial charge in [-0.2, -0.15) is 0 Å². The van der Waals surface area contributed by atoms with Crippen molar-refractivity contribution in [2.24, 2.45) is 5.41 Å². The van der Waals surface area contributed by atoms with Crippen LogP contribution in [0, 0.1) is 12.3 Å². The van der Waals surface area contributed by atoms with Crippen molar-refractivity contribution < 1.29 is 4.79 Å². The summed E-state index contributed by atoms with van der Waals surface area (Å²) in [5.41, 5.74) is 1.36. The summed E-state index contributed by atoms with van der Waals surface area (Å²) in [5, 5.41) is 3.18. The minimum Gasteiger partial charge on any atom is -0.339 e. The minimum absolute atomic E-state index is 0.0256. The Hall–Kier alpha value is -1.99. The maximum Gasteiger partial charge on any atom is 0.254 e. The summed E-state index contributed by atoms with van der Waals surface area (Å²) in [6.07, 6.45) is 5.14. The number of likely N-dealkylation sites (tertiary alicyclic amines) is 1. The van der Waals surface area contributed by atoms with E-state index in [0.717, 1.165) is 43.2 Å². The lowest BCUT2D eigenvalue weighted by Crippen LogP contribution is -2.41. The van der Waals surface area contributed by atoms with Gasteiger partial charge in [0.2, 0.25) is 5.56 Å². The molecule has 1 aliphatic heterocycles. The summed E-state index contributed by atoms with van der Waals surface area (Å²) >= 11 is 1.70. The van der Waals surface area contributed by atoms with E-state index in [1.807, 2.05) is 16.5 Å². The lowest BCUT2D eigenvalue weighted by Gasteiger charge is -2.34. The van der Waals surface area contributed by atoms with E-state index >= 15 is 0 Å². The molecule has 1 amide bonds. The van der Waals surface area contributed by atoms with Gasteiger partial charge in [0.05, 0.1) is 6.54 Å². The molecule has 4 rings (SSSR count). The molecule has 0 aromatic carbocycles. The Balaban J connectivity index is 1.36.